The lowest BCUT2D eigenvalue weighted by Crippen LogP contribution is -2.13. The van der Waals surface area contributed by atoms with Crippen LogP contribution in [0.1, 0.15) is 22.3 Å². The van der Waals surface area contributed by atoms with Crippen molar-refractivity contribution in [1.82, 2.24) is 5.32 Å². The van der Waals surface area contributed by atoms with Crippen molar-refractivity contribution in [2.24, 2.45) is 0 Å². The van der Waals surface area contributed by atoms with Gasteiger partial charge >= 0.3 is 0 Å². The van der Waals surface area contributed by atoms with Crippen LogP contribution in [-0.4, -0.2) is 0 Å². The van der Waals surface area contributed by atoms with Gasteiger partial charge in [-0.3, -0.25) is 0 Å². The first kappa shape index (κ1) is 11.9. The number of benzene rings is 2. The van der Waals surface area contributed by atoms with Crippen LogP contribution >= 0.6 is 0 Å². The van der Waals surface area contributed by atoms with Crippen molar-refractivity contribution in [2.45, 2.75) is 26.9 Å². The zero-order valence-electron chi connectivity index (χ0n) is 10.5. The Morgan fingerprint density at radius 3 is 2.35 bits per heavy atom. The number of nitrogens with one attached hydrogen (secondary N) is 1. The highest BCUT2D eigenvalue weighted by molar-refractivity contribution is 5.30. The minimum absolute atomic E-state index is 0.925. The van der Waals surface area contributed by atoms with Crippen molar-refractivity contribution in [3.63, 3.8) is 0 Å². The maximum atomic E-state index is 3.48. The standard InChI is InChI=1S/C16H19N/c1-13-8-9-16(14(2)10-13)12-17-11-15-6-4-3-5-7-15/h3-10,17H,11-12H2,1-2H3. The van der Waals surface area contributed by atoms with E-state index < -0.39 is 0 Å². The molecule has 0 aliphatic carbocycles. The lowest BCUT2D eigenvalue weighted by atomic mass is 10.1. The number of hydrogen-bond donors (Lipinski definition) is 1. The van der Waals surface area contributed by atoms with Gasteiger partial charge in [0.15, 0.2) is 0 Å². The molecule has 17 heavy (non-hydrogen) atoms. The molecule has 0 aliphatic rings. The molecule has 1 nitrogen and oxygen atoms in total. The van der Waals surface area contributed by atoms with Crippen molar-refractivity contribution in [3.05, 3.63) is 70.8 Å². The van der Waals surface area contributed by atoms with Gasteiger partial charge in [0.1, 0.15) is 0 Å². The predicted octanol–water partition coefficient (Wildman–Crippen LogP) is 3.59. The molecule has 0 spiro atoms. The van der Waals surface area contributed by atoms with E-state index in [0.717, 1.165) is 13.1 Å². The minimum Gasteiger partial charge on any atom is -0.309 e. The summed E-state index contributed by atoms with van der Waals surface area (Å²) in [6.45, 7) is 6.16. The Morgan fingerprint density at radius 2 is 1.65 bits per heavy atom. The molecule has 0 unspecified atom stereocenters. The van der Waals surface area contributed by atoms with Gasteiger partial charge in [0.25, 0.3) is 0 Å². The normalized spacial score (nSPS) is 10.5. The van der Waals surface area contributed by atoms with Crippen LogP contribution in [0, 0.1) is 13.8 Å². The van der Waals surface area contributed by atoms with E-state index in [4.69, 9.17) is 0 Å². The molecule has 0 saturated heterocycles. The molecule has 2 aromatic carbocycles. The first-order valence-electron chi connectivity index (χ1n) is 6.06. The maximum absolute atomic E-state index is 3.48. The van der Waals surface area contributed by atoms with Gasteiger partial charge in [-0.2, -0.15) is 0 Å². The van der Waals surface area contributed by atoms with E-state index in [1.165, 1.54) is 22.3 Å². The lowest BCUT2D eigenvalue weighted by Gasteiger charge is -2.08. The zero-order chi connectivity index (χ0) is 12.1. The van der Waals surface area contributed by atoms with Crippen LogP contribution in [0.2, 0.25) is 0 Å². The molecule has 0 bridgehead atoms. The van der Waals surface area contributed by atoms with Gasteiger partial charge in [-0.25, -0.2) is 0 Å². The summed E-state index contributed by atoms with van der Waals surface area (Å²) in [6.07, 6.45) is 0. The molecule has 0 aliphatic heterocycles. The second-order valence-corrected chi connectivity index (χ2v) is 4.52. The Bertz CT molecular complexity index is 474. The van der Waals surface area contributed by atoms with Gasteiger partial charge in [-0.05, 0) is 30.5 Å². The summed E-state index contributed by atoms with van der Waals surface area (Å²) in [6, 6.07) is 17.1. The van der Waals surface area contributed by atoms with E-state index >= 15 is 0 Å². The summed E-state index contributed by atoms with van der Waals surface area (Å²) in [5, 5.41) is 3.48. The number of hydrogen-bond acceptors (Lipinski definition) is 1. The summed E-state index contributed by atoms with van der Waals surface area (Å²) >= 11 is 0. The molecule has 0 fully saturated rings. The first-order valence-corrected chi connectivity index (χ1v) is 6.06. The fraction of sp³-hybridized carbons (Fsp3) is 0.250. The molecule has 0 amide bonds. The SMILES string of the molecule is Cc1ccc(CNCc2ccccc2)c(C)c1. The van der Waals surface area contributed by atoms with Gasteiger partial charge in [0.05, 0.1) is 0 Å². The monoisotopic (exact) mass is 225 g/mol. The van der Waals surface area contributed by atoms with E-state index in [1.807, 2.05) is 6.07 Å². The van der Waals surface area contributed by atoms with Crippen molar-refractivity contribution in [2.75, 3.05) is 0 Å². The molecular weight excluding hydrogens is 206 g/mol. The van der Waals surface area contributed by atoms with Crippen LogP contribution in [0.5, 0.6) is 0 Å². The lowest BCUT2D eigenvalue weighted by molar-refractivity contribution is 0.690. The van der Waals surface area contributed by atoms with Crippen LogP contribution in [0.15, 0.2) is 48.5 Å². The predicted molar refractivity (Wildman–Crippen MR) is 72.9 cm³/mol. The zero-order valence-corrected chi connectivity index (χ0v) is 10.5. The van der Waals surface area contributed by atoms with E-state index in [1.54, 1.807) is 0 Å². The van der Waals surface area contributed by atoms with Crippen LogP contribution < -0.4 is 5.32 Å². The maximum Gasteiger partial charge on any atom is 0.0211 e. The van der Waals surface area contributed by atoms with Crippen molar-refractivity contribution < 1.29 is 0 Å². The highest BCUT2D eigenvalue weighted by Crippen LogP contribution is 2.10. The smallest absolute Gasteiger partial charge is 0.0211 e. The van der Waals surface area contributed by atoms with Crippen molar-refractivity contribution in [1.29, 1.82) is 0 Å². The Morgan fingerprint density at radius 1 is 0.882 bits per heavy atom. The molecular formula is C16H19N. The van der Waals surface area contributed by atoms with Gasteiger partial charge in [-0.1, -0.05) is 54.1 Å². The molecule has 2 aromatic rings. The molecule has 88 valence electrons. The average Bonchev–Trinajstić information content (AvgIpc) is 2.33. The van der Waals surface area contributed by atoms with Crippen LogP contribution in [0.4, 0.5) is 0 Å². The number of aryl methyl sites for hydroxylation is 2. The first-order chi connectivity index (χ1) is 8.25. The third-order valence-electron chi connectivity index (χ3n) is 2.99. The Balaban J connectivity index is 1.90. The highest BCUT2D eigenvalue weighted by atomic mass is 14.8. The second kappa shape index (κ2) is 5.65. The summed E-state index contributed by atoms with van der Waals surface area (Å²) in [5.41, 5.74) is 5.41. The quantitative estimate of drug-likeness (QED) is 0.838. The fourth-order valence-corrected chi connectivity index (χ4v) is 1.98. The van der Waals surface area contributed by atoms with Crippen LogP contribution in [-0.2, 0) is 13.1 Å². The molecule has 1 heteroatoms. The molecule has 0 radical (unpaired) electrons. The van der Waals surface area contributed by atoms with Crippen molar-refractivity contribution in [3.8, 4) is 0 Å². The Labute approximate surface area is 103 Å². The number of rotatable bonds is 4. The average molecular weight is 225 g/mol. The molecule has 1 N–H and O–H groups in total. The molecule has 0 aromatic heterocycles. The van der Waals surface area contributed by atoms with E-state index in [2.05, 4.69) is 61.6 Å². The summed E-state index contributed by atoms with van der Waals surface area (Å²) in [4.78, 5) is 0. The van der Waals surface area contributed by atoms with Gasteiger partial charge in [-0.15, -0.1) is 0 Å². The third-order valence-corrected chi connectivity index (χ3v) is 2.99. The largest absolute Gasteiger partial charge is 0.309 e. The second-order valence-electron chi connectivity index (χ2n) is 4.52. The highest BCUT2D eigenvalue weighted by Gasteiger charge is 1.98. The Hall–Kier alpha value is -1.60. The Kier molecular flexibility index (Phi) is 3.94. The molecule has 0 atom stereocenters. The van der Waals surface area contributed by atoms with Crippen molar-refractivity contribution >= 4 is 0 Å². The van der Waals surface area contributed by atoms with Gasteiger partial charge in [0.2, 0.25) is 0 Å². The van der Waals surface area contributed by atoms with E-state index in [0.29, 0.717) is 0 Å². The third kappa shape index (κ3) is 3.43. The van der Waals surface area contributed by atoms with Crippen LogP contribution in [0.25, 0.3) is 0 Å². The van der Waals surface area contributed by atoms with Gasteiger partial charge < -0.3 is 5.32 Å². The summed E-state index contributed by atoms with van der Waals surface area (Å²) in [7, 11) is 0. The van der Waals surface area contributed by atoms with Crippen LogP contribution in [0.3, 0.4) is 0 Å². The van der Waals surface area contributed by atoms with E-state index in [9.17, 15) is 0 Å². The fourth-order valence-electron chi connectivity index (χ4n) is 1.98. The molecule has 0 saturated carbocycles. The molecule has 2 rings (SSSR count). The molecule has 0 heterocycles. The summed E-state index contributed by atoms with van der Waals surface area (Å²) < 4.78 is 0. The van der Waals surface area contributed by atoms with Gasteiger partial charge in [0, 0.05) is 13.1 Å². The summed E-state index contributed by atoms with van der Waals surface area (Å²) in [5.74, 6) is 0. The topological polar surface area (TPSA) is 12.0 Å². The van der Waals surface area contributed by atoms with E-state index in [-0.39, 0.29) is 0 Å². The minimum atomic E-state index is 0.925.